The molecule has 0 saturated heterocycles. The molecule has 1 aromatic rings. The maximum absolute atomic E-state index is 11.4. The largest absolute Gasteiger partial charge is 0.481 e. The Bertz CT molecular complexity index is 415. The number of carboxylic acids is 1. The van der Waals surface area contributed by atoms with Crippen LogP contribution in [0.15, 0.2) is 24.3 Å². The average Bonchev–Trinajstić information content (AvgIpc) is 2.28. The molecule has 1 aromatic carbocycles. The van der Waals surface area contributed by atoms with Gasteiger partial charge < -0.3 is 10.8 Å². The van der Waals surface area contributed by atoms with Crippen LogP contribution in [0.5, 0.6) is 0 Å². The number of carbonyl (C=O) groups excluding carboxylic acids is 1. The summed E-state index contributed by atoms with van der Waals surface area (Å²) in [6.07, 6.45) is 1.19. The Balaban J connectivity index is 2.71. The highest BCUT2D eigenvalue weighted by Gasteiger charge is 2.13. The smallest absolute Gasteiger partial charge is 0.303 e. The van der Waals surface area contributed by atoms with Crippen molar-refractivity contribution in [3.8, 4) is 0 Å². The summed E-state index contributed by atoms with van der Waals surface area (Å²) in [5.74, 6) is -0.841. The Morgan fingerprint density at radius 3 is 2.59 bits per heavy atom. The number of carbonyl (C=O) groups is 2. The van der Waals surface area contributed by atoms with Crippen molar-refractivity contribution in [2.45, 2.75) is 32.2 Å². The summed E-state index contributed by atoms with van der Waals surface area (Å²) in [7, 11) is 0. The van der Waals surface area contributed by atoms with Crippen LogP contribution in [0.2, 0.25) is 0 Å². The molecule has 92 valence electrons. The Morgan fingerprint density at radius 1 is 1.35 bits per heavy atom. The number of hydrogen-bond acceptors (Lipinski definition) is 3. The minimum atomic E-state index is -0.822. The fourth-order valence-electron chi connectivity index (χ4n) is 1.77. The van der Waals surface area contributed by atoms with Crippen molar-refractivity contribution in [3.05, 3.63) is 35.4 Å². The van der Waals surface area contributed by atoms with E-state index < -0.39 is 5.97 Å². The zero-order valence-corrected chi connectivity index (χ0v) is 9.85. The first-order chi connectivity index (χ1) is 8.02. The lowest BCUT2D eigenvalue weighted by Gasteiger charge is -2.14. The van der Waals surface area contributed by atoms with E-state index in [0.29, 0.717) is 18.4 Å². The summed E-state index contributed by atoms with van der Waals surface area (Å²) in [6.45, 7) is 1.50. The zero-order chi connectivity index (χ0) is 12.8. The van der Waals surface area contributed by atoms with Gasteiger partial charge in [-0.25, -0.2) is 0 Å². The summed E-state index contributed by atoms with van der Waals surface area (Å²) < 4.78 is 0. The summed E-state index contributed by atoms with van der Waals surface area (Å²) in [4.78, 5) is 21.8. The van der Waals surface area contributed by atoms with Crippen LogP contribution >= 0.6 is 0 Å². The minimum absolute atomic E-state index is 0.0192. The summed E-state index contributed by atoms with van der Waals surface area (Å²) >= 11 is 0. The second-order valence-corrected chi connectivity index (χ2v) is 4.04. The van der Waals surface area contributed by atoms with Crippen molar-refractivity contribution in [1.82, 2.24) is 0 Å². The topological polar surface area (TPSA) is 80.4 Å². The summed E-state index contributed by atoms with van der Waals surface area (Å²) in [6, 6.07) is 6.91. The first-order valence-electron chi connectivity index (χ1n) is 5.59. The van der Waals surface area contributed by atoms with Crippen LogP contribution in [0.4, 0.5) is 0 Å². The molecule has 3 N–H and O–H groups in total. The van der Waals surface area contributed by atoms with Crippen molar-refractivity contribution < 1.29 is 14.7 Å². The summed E-state index contributed by atoms with van der Waals surface area (Å²) in [5, 5.41) is 8.54. The predicted molar refractivity (Wildman–Crippen MR) is 64.9 cm³/mol. The van der Waals surface area contributed by atoms with Gasteiger partial charge >= 0.3 is 5.97 Å². The van der Waals surface area contributed by atoms with Gasteiger partial charge in [-0.05, 0) is 25.3 Å². The minimum Gasteiger partial charge on any atom is -0.481 e. The van der Waals surface area contributed by atoms with E-state index >= 15 is 0 Å². The van der Waals surface area contributed by atoms with E-state index in [2.05, 4.69) is 0 Å². The molecule has 0 radical (unpaired) electrons. The van der Waals surface area contributed by atoms with Crippen molar-refractivity contribution in [1.29, 1.82) is 0 Å². The van der Waals surface area contributed by atoms with E-state index in [0.717, 1.165) is 5.56 Å². The number of carboxylic acid groups (broad SMARTS) is 1. The number of hydrogen-bond donors (Lipinski definition) is 2. The Labute approximate surface area is 100 Å². The number of aliphatic carboxylic acids is 1. The van der Waals surface area contributed by atoms with Crippen molar-refractivity contribution >= 4 is 11.8 Å². The van der Waals surface area contributed by atoms with E-state index in [-0.39, 0.29) is 18.2 Å². The molecule has 0 amide bonds. The van der Waals surface area contributed by atoms with Gasteiger partial charge in [0.25, 0.3) is 0 Å². The predicted octanol–water partition coefficient (Wildman–Crippen LogP) is 2.14. The molecule has 0 aliphatic heterocycles. The molecule has 17 heavy (non-hydrogen) atoms. The molecule has 0 fully saturated rings. The number of nitrogens with two attached hydrogens (primary N) is 1. The first kappa shape index (κ1) is 13.4. The second-order valence-electron chi connectivity index (χ2n) is 4.04. The standard InChI is InChI=1S/C13H17NO3/c1-9(15)10-5-2-3-6-11(10)12(14)7-4-8-13(16)17/h2-3,5-6,12H,4,7-8,14H2,1H3,(H,16,17)/t12-/m0/s1. The quantitative estimate of drug-likeness (QED) is 0.740. The highest BCUT2D eigenvalue weighted by atomic mass is 16.4. The zero-order valence-electron chi connectivity index (χ0n) is 9.85. The highest BCUT2D eigenvalue weighted by Crippen LogP contribution is 2.21. The SMILES string of the molecule is CC(=O)c1ccccc1[C@@H](N)CCCC(=O)O. The van der Waals surface area contributed by atoms with Gasteiger partial charge in [0.1, 0.15) is 0 Å². The molecule has 0 aliphatic carbocycles. The van der Waals surface area contributed by atoms with Gasteiger partial charge in [0.15, 0.2) is 5.78 Å². The van der Waals surface area contributed by atoms with Crippen LogP contribution in [0.1, 0.15) is 48.1 Å². The molecule has 0 aromatic heterocycles. The lowest BCUT2D eigenvalue weighted by atomic mass is 9.95. The van der Waals surface area contributed by atoms with Gasteiger partial charge in [-0.3, -0.25) is 9.59 Å². The molecular weight excluding hydrogens is 218 g/mol. The van der Waals surface area contributed by atoms with Gasteiger partial charge in [0.05, 0.1) is 0 Å². The van der Waals surface area contributed by atoms with Gasteiger partial charge in [-0.1, -0.05) is 24.3 Å². The Kier molecular flexibility index (Phi) is 4.84. The van der Waals surface area contributed by atoms with Crippen molar-refractivity contribution in [3.63, 3.8) is 0 Å². The molecule has 0 bridgehead atoms. The molecule has 0 heterocycles. The van der Waals surface area contributed by atoms with Crippen LogP contribution in [-0.2, 0) is 4.79 Å². The lowest BCUT2D eigenvalue weighted by Crippen LogP contribution is -2.14. The molecular formula is C13H17NO3. The molecule has 0 spiro atoms. The second kappa shape index (κ2) is 6.15. The molecule has 1 atom stereocenters. The van der Waals surface area contributed by atoms with E-state index in [1.54, 1.807) is 12.1 Å². The third-order valence-corrected chi connectivity index (χ3v) is 2.65. The molecule has 1 rings (SSSR count). The normalized spacial score (nSPS) is 12.1. The van der Waals surface area contributed by atoms with Crippen LogP contribution in [0.3, 0.4) is 0 Å². The average molecular weight is 235 g/mol. The number of benzene rings is 1. The highest BCUT2D eigenvalue weighted by molar-refractivity contribution is 5.95. The molecule has 0 aliphatic rings. The monoisotopic (exact) mass is 235 g/mol. The van der Waals surface area contributed by atoms with Crippen molar-refractivity contribution in [2.75, 3.05) is 0 Å². The van der Waals surface area contributed by atoms with E-state index in [1.807, 2.05) is 12.1 Å². The number of Topliss-reactive ketones (excluding diaryl/α,β-unsaturated/α-hetero) is 1. The van der Waals surface area contributed by atoms with E-state index in [4.69, 9.17) is 10.8 Å². The van der Waals surface area contributed by atoms with E-state index in [9.17, 15) is 9.59 Å². The van der Waals surface area contributed by atoms with E-state index in [1.165, 1.54) is 6.92 Å². The molecule has 0 unspecified atom stereocenters. The molecule has 4 nitrogen and oxygen atoms in total. The third kappa shape index (κ3) is 4.00. The lowest BCUT2D eigenvalue weighted by molar-refractivity contribution is -0.137. The molecule has 0 saturated carbocycles. The van der Waals surface area contributed by atoms with Crippen LogP contribution in [0, 0.1) is 0 Å². The van der Waals surface area contributed by atoms with Crippen LogP contribution < -0.4 is 5.73 Å². The van der Waals surface area contributed by atoms with Gasteiger partial charge in [0.2, 0.25) is 0 Å². The fraction of sp³-hybridized carbons (Fsp3) is 0.385. The maximum atomic E-state index is 11.4. The Hall–Kier alpha value is -1.68. The van der Waals surface area contributed by atoms with Gasteiger partial charge in [0, 0.05) is 18.0 Å². The fourth-order valence-corrected chi connectivity index (χ4v) is 1.77. The Morgan fingerprint density at radius 2 is 2.00 bits per heavy atom. The molecule has 4 heteroatoms. The van der Waals surface area contributed by atoms with Crippen LogP contribution in [-0.4, -0.2) is 16.9 Å². The number of ketones is 1. The van der Waals surface area contributed by atoms with Crippen LogP contribution in [0.25, 0.3) is 0 Å². The number of rotatable bonds is 6. The van der Waals surface area contributed by atoms with Gasteiger partial charge in [-0.15, -0.1) is 0 Å². The first-order valence-corrected chi connectivity index (χ1v) is 5.59. The summed E-state index contributed by atoms with van der Waals surface area (Å²) in [5.41, 5.74) is 7.39. The maximum Gasteiger partial charge on any atom is 0.303 e. The van der Waals surface area contributed by atoms with Gasteiger partial charge in [-0.2, -0.15) is 0 Å². The third-order valence-electron chi connectivity index (χ3n) is 2.65. The van der Waals surface area contributed by atoms with Crippen molar-refractivity contribution in [2.24, 2.45) is 5.73 Å².